The van der Waals surface area contributed by atoms with E-state index in [1.54, 1.807) is 12.3 Å². The molecule has 0 aliphatic heterocycles. The van der Waals surface area contributed by atoms with Gasteiger partial charge in [-0.25, -0.2) is 0 Å². The second kappa shape index (κ2) is 5.51. The fraction of sp³-hybridized carbons (Fsp3) is 0.250. The summed E-state index contributed by atoms with van der Waals surface area (Å²) in [6.07, 6.45) is 2.37. The van der Waals surface area contributed by atoms with Gasteiger partial charge >= 0.3 is 10.4 Å². The first-order valence-electron chi connectivity index (χ1n) is 5.86. The predicted molar refractivity (Wildman–Crippen MR) is 72.9 cm³/mol. The van der Waals surface area contributed by atoms with E-state index >= 15 is 0 Å². The molecule has 1 aromatic carbocycles. The van der Waals surface area contributed by atoms with Crippen LogP contribution in [0.15, 0.2) is 24.4 Å². The van der Waals surface area contributed by atoms with Crippen molar-refractivity contribution in [3.8, 4) is 5.75 Å². The molecule has 0 spiro atoms. The van der Waals surface area contributed by atoms with Gasteiger partial charge in [-0.1, -0.05) is 0 Å². The van der Waals surface area contributed by atoms with E-state index in [9.17, 15) is 13.2 Å². The zero-order valence-electron chi connectivity index (χ0n) is 10.7. The summed E-state index contributed by atoms with van der Waals surface area (Å²) in [6.45, 7) is 1.92. The molecule has 1 heterocycles. The number of H-pyrrole nitrogens is 1. The fourth-order valence-electron chi connectivity index (χ4n) is 1.91. The number of amides is 1. The SMILES string of the molecule is CC(=O)NCCc1c[nH]c2ccc(OS(=O)(=O)O)cc12. The third-order valence-corrected chi connectivity index (χ3v) is 3.11. The van der Waals surface area contributed by atoms with E-state index < -0.39 is 10.4 Å². The zero-order valence-corrected chi connectivity index (χ0v) is 11.5. The van der Waals surface area contributed by atoms with E-state index in [0.717, 1.165) is 16.5 Å². The quantitative estimate of drug-likeness (QED) is 0.714. The zero-order chi connectivity index (χ0) is 14.8. The van der Waals surface area contributed by atoms with Crippen LogP contribution in [0.2, 0.25) is 0 Å². The van der Waals surface area contributed by atoms with Gasteiger partial charge in [-0.3, -0.25) is 9.35 Å². The monoisotopic (exact) mass is 298 g/mol. The molecule has 0 saturated heterocycles. The van der Waals surface area contributed by atoms with Gasteiger partial charge in [0, 0.05) is 30.6 Å². The lowest BCUT2D eigenvalue weighted by molar-refractivity contribution is -0.118. The van der Waals surface area contributed by atoms with Crippen LogP contribution in [0.25, 0.3) is 10.9 Å². The van der Waals surface area contributed by atoms with Gasteiger partial charge in [0.25, 0.3) is 0 Å². The average Bonchev–Trinajstić information content (AvgIpc) is 2.69. The summed E-state index contributed by atoms with van der Waals surface area (Å²) < 4.78 is 34.5. The normalized spacial score (nSPS) is 11.5. The minimum Gasteiger partial charge on any atom is -0.362 e. The molecule has 108 valence electrons. The number of fused-ring (bicyclic) bond motifs is 1. The molecule has 1 amide bonds. The summed E-state index contributed by atoms with van der Waals surface area (Å²) in [5.41, 5.74) is 1.72. The van der Waals surface area contributed by atoms with Crippen LogP contribution in [0.5, 0.6) is 5.75 Å². The topological polar surface area (TPSA) is 108 Å². The Labute approximate surface area is 115 Å². The molecule has 7 nitrogen and oxygen atoms in total. The van der Waals surface area contributed by atoms with Gasteiger partial charge < -0.3 is 14.5 Å². The lowest BCUT2D eigenvalue weighted by atomic mass is 10.1. The maximum Gasteiger partial charge on any atom is 0.446 e. The molecule has 0 saturated carbocycles. The lowest BCUT2D eigenvalue weighted by Crippen LogP contribution is -2.22. The van der Waals surface area contributed by atoms with Crippen LogP contribution in [-0.4, -0.2) is 30.4 Å². The molecule has 20 heavy (non-hydrogen) atoms. The summed E-state index contributed by atoms with van der Waals surface area (Å²) >= 11 is 0. The summed E-state index contributed by atoms with van der Waals surface area (Å²) in [5, 5.41) is 3.46. The van der Waals surface area contributed by atoms with E-state index in [1.807, 2.05) is 0 Å². The van der Waals surface area contributed by atoms with Crippen LogP contribution in [0.1, 0.15) is 12.5 Å². The van der Waals surface area contributed by atoms with Crippen molar-refractivity contribution in [2.24, 2.45) is 0 Å². The molecule has 2 aromatic rings. The first-order chi connectivity index (χ1) is 9.35. The molecule has 0 fully saturated rings. The van der Waals surface area contributed by atoms with E-state index in [-0.39, 0.29) is 11.7 Å². The van der Waals surface area contributed by atoms with Crippen LogP contribution in [-0.2, 0) is 21.6 Å². The molecular weight excluding hydrogens is 284 g/mol. The van der Waals surface area contributed by atoms with Crippen molar-refractivity contribution in [3.05, 3.63) is 30.0 Å². The molecule has 1 aromatic heterocycles. The van der Waals surface area contributed by atoms with Crippen LogP contribution in [0, 0.1) is 0 Å². The number of hydrogen-bond donors (Lipinski definition) is 3. The van der Waals surface area contributed by atoms with Crippen molar-refractivity contribution in [2.45, 2.75) is 13.3 Å². The first-order valence-corrected chi connectivity index (χ1v) is 7.23. The van der Waals surface area contributed by atoms with Crippen molar-refractivity contribution >= 4 is 27.2 Å². The third kappa shape index (κ3) is 3.72. The molecular formula is C12H14N2O5S. The standard InChI is InChI=1S/C12H14N2O5S/c1-8(15)13-5-4-9-7-14-12-3-2-10(6-11(9)12)19-20(16,17)18/h2-3,6-7,14H,4-5H2,1H3,(H,13,15)(H,16,17,18). The molecule has 0 bridgehead atoms. The number of rotatable bonds is 5. The second-order valence-corrected chi connectivity index (χ2v) is 5.29. The number of benzene rings is 1. The van der Waals surface area contributed by atoms with E-state index in [1.165, 1.54) is 19.1 Å². The number of aromatic amines is 1. The Morgan fingerprint density at radius 1 is 1.45 bits per heavy atom. The van der Waals surface area contributed by atoms with Crippen molar-refractivity contribution in [3.63, 3.8) is 0 Å². The Kier molecular flexibility index (Phi) is 3.96. The molecule has 3 N–H and O–H groups in total. The van der Waals surface area contributed by atoms with Crippen LogP contribution >= 0.6 is 0 Å². The Morgan fingerprint density at radius 2 is 2.20 bits per heavy atom. The lowest BCUT2D eigenvalue weighted by Gasteiger charge is -2.03. The van der Waals surface area contributed by atoms with Gasteiger partial charge in [-0.05, 0) is 30.2 Å². The molecule has 0 atom stereocenters. The molecule has 8 heteroatoms. The highest BCUT2D eigenvalue weighted by molar-refractivity contribution is 7.81. The third-order valence-electron chi connectivity index (χ3n) is 2.71. The van der Waals surface area contributed by atoms with Crippen LogP contribution in [0.4, 0.5) is 0 Å². The first kappa shape index (κ1) is 14.4. The molecule has 0 aliphatic rings. The molecule has 0 aliphatic carbocycles. The van der Waals surface area contributed by atoms with Crippen molar-refractivity contribution in [1.29, 1.82) is 0 Å². The van der Waals surface area contributed by atoms with Gasteiger partial charge in [0.1, 0.15) is 5.75 Å². The minimum atomic E-state index is -4.54. The Bertz CT molecular complexity index is 735. The minimum absolute atomic E-state index is 0.0281. The summed E-state index contributed by atoms with van der Waals surface area (Å²) in [4.78, 5) is 13.8. The fourth-order valence-corrected chi connectivity index (χ4v) is 2.26. The number of aromatic nitrogens is 1. The number of hydrogen-bond acceptors (Lipinski definition) is 4. The largest absolute Gasteiger partial charge is 0.446 e. The number of carbonyl (C=O) groups is 1. The Hall–Kier alpha value is -2.06. The van der Waals surface area contributed by atoms with Gasteiger partial charge in [-0.15, -0.1) is 0 Å². The van der Waals surface area contributed by atoms with Gasteiger partial charge in [-0.2, -0.15) is 8.42 Å². The summed E-state index contributed by atoms with van der Waals surface area (Å²) in [6, 6.07) is 4.60. The number of nitrogens with one attached hydrogen (secondary N) is 2. The Morgan fingerprint density at radius 3 is 2.85 bits per heavy atom. The summed E-state index contributed by atoms with van der Waals surface area (Å²) in [5.74, 6) is -0.0828. The van der Waals surface area contributed by atoms with Gasteiger partial charge in [0.2, 0.25) is 5.91 Å². The maximum atomic E-state index is 10.8. The van der Waals surface area contributed by atoms with Crippen molar-refractivity contribution in [1.82, 2.24) is 10.3 Å². The predicted octanol–water partition coefficient (Wildman–Crippen LogP) is 1.03. The molecule has 0 unspecified atom stereocenters. The molecule has 0 radical (unpaired) electrons. The van der Waals surface area contributed by atoms with Crippen molar-refractivity contribution in [2.75, 3.05) is 6.54 Å². The highest BCUT2D eigenvalue weighted by Gasteiger charge is 2.10. The van der Waals surface area contributed by atoms with Crippen LogP contribution < -0.4 is 9.50 Å². The van der Waals surface area contributed by atoms with Crippen LogP contribution in [0.3, 0.4) is 0 Å². The summed E-state index contributed by atoms with van der Waals surface area (Å²) in [7, 11) is -4.54. The molecule has 2 rings (SSSR count). The average molecular weight is 298 g/mol. The van der Waals surface area contributed by atoms with E-state index in [4.69, 9.17) is 4.55 Å². The van der Waals surface area contributed by atoms with Gasteiger partial charge in [0.15, 0.2) is 0 Å². The maximum absolute atomic E-state index is 10.8. The highest BCUT2D eigenvalue weighted by atomic mass is 32.3. The second-order valence-electron chi connectivity index (χ2n) is 4.27. The van der Waals surface area contributed by atoms with E-state index in [0.29, 0.717) is 13.0 Å². The van der Waals surface area contributed by atoms with Gasteiger partial charge in [0.05, 0.1) is 0 Å². The number of carbonyl (C=O) groups excluding carboxylic acids is 1. The van der Waals surface area contributed by atoms with E-state index in [2.05, 4.69) is 14.5 Å². The highest BCUT2D eigenvalue weighted by Crippen LogP contribution is 2.24. The van der Waals surface area contributed by atoms with Crippen molar-refractivity contribution < 1.29 is 21.9 Å². The smallest absolute Gasteiger partial charge is 0.362 e. The Balaban J connectivity index is 2.23.